The Morgan fingerprint density at radius 2 is 2.08 bits per heavy atom. The van der Waals surface area contributed by atoms with Crippen LogP contribution in [0.3, 0.4) is 0 Å². The second kappa shape index (κ2) is 6.34. The van der Waals surface area contributed by atoms with E-state index in [0.717, 1.165) is 35.8 Å². The van der Waals surface area contributed by atoms with Crippen LogP contribution in [0.1, 0.15) is 23.6 Å². The van der Waals surface area contributed by atoms with Crippen molar-refractivity contribution in [2.24, 2.45) is 5.14 Å². The lowest BCUT2D eigenvalue weighted by molar-refractivity contribution is -0.385. The zero-order chi connectivity index (χ0) is 18.2. The molecule has 1 atom stereocenters. The Kier molecular flexibility index (Phi) is 4.36. The van der Waals surface area contributed by atoms with Crippen molar-refractivity contribution >= 4 is 21.4 Å². The van der Waals surface area contributed by atoms with Crippen LogP contribution in [0.5, 0.6) is 5.75 Å². The van der Waals surface area contributed by atoms with Crippen molar-refractivity contribution < 1.29 is 18.1 Å². The normalized spacial score (nSPS) is 16.3. The maximum absolute atomic E-state index is 11.8. The van der Waals surface area contributed by atoms with Gasteiger partial charge in [-0.05, 0) is 36.1 Å². The number of anilines is 1. The van der Waals surface area contributed by atoms with Crippen LogP contribution < -0.4 is 15.2 Å². The minimum atomic E-state index is -4.11. The van der Waals surface area contributed by atoms with E-state index in [1.54, 1.807) is 7.11 Å². The van der Waals surface area contributed by atoms with Crippen LogP contribution in [0.2, 0.25) is 0 Å². The van der Waals surface area contributed by atoms with E-state index in [-0.39, 0.29) is 22.3 Å². The number of nitrogens with two attached hydrogens (primary N) is 1. The highest BCUT2D eigenvalue weighted by molar-refractivity contribution is 7.89. The molecule has 8 nitrogen and oxygen atoms in total. The standard InChI is InChI=1S/C16H17N3O5S/c1-24-15-4-2-3-11-12(15)6-8-13(11)18-14-7-5-10(19(20)21)9-16(14)25(17,22)23/h2-5,7,9,13,18H,6,8H2,1H3,(H2,17,22,23). The van der Waals surface area contributed by atoms with Gasteiger partial charge in [-0.1, -0.05) is 12.1 Å². The summed E-state index contributed by atoms with van der Waals surface area (Å²) in [6, 6.07) is 9.15. The summed E-state index contributed by atoms with van der Waals surface area (Å²) in [5.74, 6) is 0.789. The number of nitro groups is 1. The fraction of sp³-hybridized carbons (Fsp3) is 0.250. The number of ether oxygens (including phenoxy) is 1. The van der Waals surface area contributed by atoms with Gasteiger partial charge in [-0.25, -0.2) is 13.6 Å². The number of primary sulfonamides is 1. The molecule has 25 heavy (non-hydrogen) atoms. The van der Waals surface area contributed by atoms with E-state index in [1.165, 1.54) is 12.1 Å². The number of sulfonamides is 1. The Morgan fingerprint density at radius 1 is 1.32 bits per heavy atom. The maximum atomic E-state index is 11.8. The number of nitrogens with zero attached hydrogens (tertiary/aromatic N) is 1. The van der Waals surface area contributed by atoms with Gasteiger partial charge in [-0.2, -0.15) is 0 Å². The summed E-state index contributed by atoms with van der Waals surface area (Å²) in [7, 11) is -2.51. The Bertz CT molecular complexity index is 943. The van der Waals surface area contributed by atoms with Crippen LogP contribution in [0.4, 0.5) is 11.4 Å². The highest BCUT2D eigenvalue weighted by atomic mass is 32.2. The highest BCUT2D eigenvalue weighted by Gasteiger charge is 2.27. The summed E-state index contributed by atoms with van der Waals surface area (Å²) >= 11 is 0. The first-order chi connectivity index (χ1) is 11.8. The topological polar surface area (TPSA) is 125 Å². The molecule has 1 aliphatic rings. The molecule has 0 amide bonds. The van der Waals surface area contributed by atoms with E-state index in [2.05, 4.69) is 5.32 Å². The molecule has 3 N–H and O–H groups in total. The zero-order valence-corrected chi connectivity index (χ0v) is 14.2. The third-order valence-electron chi connectivity index (χ3n) is 4.26. The third kappa shape index (κ3) is 3.28. The molecule has 0 radical (unpaired) electrons. The summed E-state index contributed by atoms with van der Waals surface area (Å²) in [6.07, 6.45) is 1.53. The first-order valence-corrected chi connectivity index (χ1v) is 9.09. The first kappa shape index (κ1) is 17.2. The molecule has 9 heteroatoms. The summed E-state index contributed by atoms with van der Waals surface area (Å²) in [5.41, 5.74) is 2.00. The Hall–Kier alpha value is -2.65. The van der Waals surface area contributed by atoms with Gasteiger partial charge in [0, 0.05) is 12.1 Å². The number of rotatable bonds is 5. The van der Waals surface area contributed by atoms with E-state index < -0.39 is 14.9 Å². The number of non-ortho nitro benzene ring substituents is 1. The minimum absolute atomic E-state index is 0.132. The predicted molar refractivity (Wildman–Crippen MR) is 92.1 cm³/mol. The second-order valence-electron chi connectivity index (χ2n) is 5.75. The van der Waals surface area contributed by atoms with Gasteiger partial charge in [-0.3, -0.25) is 10.1 Å². The molecule has 0 fully saturated rings. The summed E-state index contributed by atoms with van der Waals surface area (Å²) in [4.78, 5) is 9.95. The average molecular weight is 363 g/mol. The van der Waals surface area contributed by atoms with Crippen molar-refractivity contribution in [2.75, 3.05) is 12.4 Å². The fourth-order valence-corrected chi connectivity index (χ4v) is 3.85. The van der Waals surface area contributed by atoms with Gasteiger partial charge in [0.1, 0.15) is 10.6 Å². The molecule has 1 aliphatic carbocycles. The van der Waals surface area contributed by atoms with Gasteiger partial charge in [0.15, 0.2) is 0 Å². The third-order valence-corrected chi connectivity index (χ3v) is 5.21. The Labute approximate surface area is 144 Å². The zero-order valence-electron chi connectivity index (χ0n) is 13.4. The van der Waals surface area contributed by atoms with E-state index in [0.29, 0.717) is 0 Å². The van der Waals surface area contributed by atoms with Crippen molar-refractivity contribution in [3.8, 4) is 5.75 Å². The molecule has 0 saturated carbocycles. The highest BCUT2D eigenvalue weighted by Crippen LogP contribution is 2.39. The van der Waals surface area contributed by atoms with Gasteiger partial charge >= 0.3 is 0 Å². The fourth-order valence-electron chi connectivity index (χ4n) is 3.13. The van der Waals surface area contributed by atoms with Crippen molar-refractivity contribution in [3.05, 3.63) is 57.6 Å². The molecule has 0 aliphatic heterocycles. The number of nitro benzene ring substituents is 1. The molecule has 0 saturated heterocycles. The molecule has 0 heterocycles. The van der Waals surface area contributed by atoms with Crippen LogP contribution in [-0.2, 0) is 16.4 Å². The molecule has 3 rings (SSSR count). The van der Waals surface area contributed by atoms with E-state index in [4.69, 9.17) is 9.88 Å². The van der Waals surface area contributed by atoms with Crippen LogP contribution >= 0.6 is 0 Å². The Morgan fingerprint density at radius 3 is 2.72 bits per heavy atom. The lowest BCUT2D eigenvalue weighted by Crippen LogP contribution is -2.17. The van der Waals surface area contributed by atoms with Crippen molar-refractivity contribution in [1.82, 2.24) is 0 Å². The van der Waals surface area contributed by atoms with Gasteiger partial charge < -0.3 is 10.1 Å². The molecule has 132 valence electrons. The van der Waals surface area contributed by atoms with Crippen molar-refractivity contribution in [1.29, 1.82) is 0 Å². The van der Waals surface area contributed by atoms with E-state index >= 15 is 0 Å². The lowest BCUT2D eigenvalue weighted by atomic mass is 10.1. The minimum Gasteiger partial charge on any atom is -0.496 e. The molecule has 2 aromatic carbocycles. The van der Waals surface area contributed by atoms with E-state index in [9.17, 15) is 18.5 Å². The molecule has 2 aromatic rings. The van der Waals surface area contributed by atoms with Gasteiger partial charge in [0.2, 0.25) is 10.0 Å². The maximum Gasteiger partial charge on any atom is 0.270 e. The number of hydrogen-bond donors (Lipinski definition) is 2. The monoisotopic (exact) mass is 363 g/mol. The summed E-state index contributed by atoms with van der Waals surface area (Å²) in [6.45, 7) is 0. The van der Waals surface area contributed by atoms with Gasteiger partial charge in [-0.15, -0.1) is 0 Å². The molecule has 0 bridgehead atoms. The van der Waals surface area contributed by atoms with Crippen molar-refractivity contribution in [3.63, 3.8) is 0 Å². The van der Waals surface area contributed by atoms with Gasteiger partial charge in [0.25, 0.3) is 5.69 Å². The number of fused-ring (bicyclic) bond motifs is 1. The number of benzene rings is 2. The SMILES string of the molecule is COc1cccc2c1CCC2Nc1ccc([N+](=O)[O-])cc1S(N)(=O)=O. The summed E-state index contributed by atoms with van der Waals surface area (Å²) < 4.78 is 29.0. The van der Waals surface area contributed by atoms with Crippen LogP contribution in [-0.4, -0.2) is 20.5 Å². The summed E-state index contributed by atoms with van der Waals surface area (Å²) in [5, 5.41) is 19.3. The van der Waals surface area contributed by atoms with Crippen LogP contribution in [0.25, 0.3) is 0 Å². The van der Waals surface area contributed by atoms with Crippen molar-refractivity contribution in [2.45, 2.75) is 23.8 Å². The molecule has 0 spiro atoms. The first-order valence-electron chi connectivity index (χ1n) is 7.55. The van der Waals surface area contributed by atoms with Crippen LogP contribution in [0.15, 0.2) is 41.3 Å². The van der Waals surface area contributed by atoms with E-state index in [1.807, 2.05) is 18.2 Å². The smallest absolute Gasteiger partial charge is 0.270 e. The second-order valence-corrected chi connectivity index (χ2v) is 7.28. The molecule has 1 unspecified atom stereocenters. The molecular weight excluding hydrogens is 346 g/mol. The number of methoxy groups -OCH3 is 1. The number of nitrogens with one attached hydrogen (secondary N) is 1. The lowest BCUT2D eigenvalue weighted by Gasteiger charge is -2.18. The quantitative estimate of drug-likeness (QED) is 0.620. The number of hydrogen-bond acceptors (Lipinski definition) is 6. The Balaban J connectivity index is 1.99. The molecular formula is C16H17N3O5S. The van der Waals surface area contributed by atoms with Crippen LogP contribution in [0, 0.1) is 10.1 Å². The largest absolute Gasteiger partial charge is 0.496 e. The van der Waals surface area contributed by atoms with Gasteiger partial charge in [0.05, 0.1) is 23.8 Å². The average Bonchev–Trinajstić information content (AvgIpc) is 2.97. The predicted octanol–water partition coefficient (Wildman–Crippen LogP) is 2.35. The molecule has 0 aromatic heterocycles.